The first-order valence-corrected chi connectivity index (χ1v) is 4.73. The number of benzene rings is 1. The molecule has 0 amide bonds. The van der Waals surface area contributed by atoms with E-state index in [-0.39, 0.29) is 18.8 Å². The summed E-state index contributed by atoms with van der Waals surface area (Å²) in [6.07, 6.45) is 0.207. The predicted molar refractivity (Wildman–Crippen MR) is 64.6 cm³/mol. The van der Waals surface area contributed by atoms with Crippen molar-refractivity contribution in [3.63, 3.8) is 0 Å². The standard InChI is InChI=1S/C10H12ClNO3.ClH/c1-15-7-3-2-6(8(11)5-7)4-9(12)10(13)14;/h2-3,5,9H,4,12H2,1H3,(H,13,14);1H. The summed E-state index contributed by atoms with van der Waals surface area (Å²) in [5.41, 5.74) is 6.10. The minimum Gasteiger partial charge on any atom is -0.497 e. The molecule has 16 heavy (non-hydrogen) atoms. The fourth-order valence-electron chi connectivity index (χ4n) is 1.14. The number of carbonyl (C=O) groups is 1. The Kier molecular flexibility index (Phi) is 6.18. The van der Waals surface area contributed by atoms with E-state index < -0.39 is 12.0 Å². The van der Waals surface area contributed by atoms with E-state index in [1.54, 1.807) is 18.2 Å². The van der Waals surface area contributed by atoms with E-state index in [4.69, 9.17) is 27.2 Å². The average Bonchev–Trinajstić information content (AvgIpc) is 2.20. The summed E-state index contributed by atoms with van der Waals surface area (Å²) >= 11 is 5.93. The fraction of sp³-hybridized carbons (Fsp3) is 0.300. The minimum atomic E-state index is -1.04. The SMILES string of the molecule is COc1ccc(CC(N)C(=O)O)c(Cl)c1.Cl. The highest BCUT2D eigenvalue weighted by Crippen LogP contribution is 2.23. The van der Waals surface area contributed by atoms with Crippen molar-refractivity contribution in [1.29, 1.82) is 0 Å². The number of methoxy groups -OCH3 is 1. The molecule has 90 valence electrons. The summed E-state index contributed by atoms with van der Waals surface area (Å²) in [6.45, 7) is 0. The van der Waals surface area contributed by atoms with Gasteiger partial charge in [-0.15, -0.1) is 12.4 Å². The Hall–Kier alpha value is -0.970. The highest BCUT2D eigenvalue weighted by Gasteiger charge is 2.14. The molecule has 0 bridgehead atoms. The summed E-state index contributed by atoms with van der Waals surface area (Å²) in [5.74, 6) is -0.408. The van der Waals surface area contributed by atoms with Crippen LogP contribution >= 0.6 is 24.0 Å². The number of ether oxygens (including phenoxy) is 1. The molecule has 0 aliphatic carbocycles. The van der Waals surface area contributed by atoms with Crippen LogP contribution in [0.3, 0.4) is 0 Å². The van der Waals surface area contributed by atoms with E-state index in [0.29, 0.717) is 16.3 Å². The van der Waals surface area contributed by atoms with Gasteiger partial charge in [-0.2, -0.15) is 0 Å². The van der Waals surface area contributed by atoms with E-state index >= 15 is 0 Å². The number of halogens is 2. The number of hydrogen-bond donors (Lipinski definition) is 2. The molecule has 1 aromatic rings. The summed E-state index contributed by atoms with van der Waals surface area (Å²) in [6, 6.07) is 4.13. The van der Waals surface area contributed by atoms with Gasteiger partial charge in [-0.25, -0.2) is 0 Å². The molecule has 1 aromatic carbocycles. The second-order valence-corrected chi connectivity index (χ2v) is 3.51. The van der Waals surface area contributed by atoms with Crippen molar-refractivity contribution < 1.29 is 14.6 Å². The van der Waals surface area contributed by atoms with Crippen LogP contribution in [0, 0.1) is 0 Å². The molecule has 0 radical (unpaired) electrons. The number of hydrogen-bond acceptors (Lipinski definition) is 3. The first-order valence-electron chi connectivity index (χ1n) is 4.35. The first-order chi connectivity index (χ1) is 7.04. The highest BCUT2D eigenvalue weighted by molar-refractivity contribution is 6.31. The lowest BCUT2D eigenvalue weighted by atomic mass is 10.1. The Labute approximate surface area is 105 Å². The third-order valence-corrected chi connectivity index (χ3v) is 2.37. The maximum atomic E-state index is 10.5. The maximum Gasteiger partial charge on any atom is 0.320 e. The van der Waals surface area contributed by atoms with Crippen molar-refractivity contribution in [3.05, 3.63) is 28.8 Å². The number of carboxylic acid groups (broad SMARTS) is 1. The molecule has 0 saturated carbocycles. The smallest absolute Gasteiger partial charge is 0.320 e. The van der Waals surface area contributed by atoms with Gasteiger partial charge in [-0.1, -0.05) is 17.7 Å². The van der Waals surface area contributed by atoms with Crippen LogP contribution in [0.15, 0.2) is 18.2 Å². The maximum absolute atomic E-state index is 10.5. The molecule has 0 aromatic heterocycles. The van der Waals surface area contributed by atoms with Crippen molar-refractivity contribution in [2.45, 2.75) is 12.5 Å². The van der Waals surface area contributed by atoms with Crippen LogP contribution in [0.1, 0.15) is 5.56 Å². The average molecular weight is 266 g/mol. The lowest BCUT2D eigenvalue weighted by molar-refractivity contribution is -0.138. The highest BCUT2D eigenvalue weighted by atomic mass is 35.5. The molecule has 0 saturated heterocycles. The zero-order valence-corrected chi connectivity index (χ0v) is 10.2. The van der Waals surface area contributed by atoms with Crippen LogP contribution in [-0.4, -0.2) is 24.2 Å². The topological polar surface area (TPSA) is 72.5 Å². The summed E-state index contributed by atoms with van der Waals surface area (Å²) in [4.78, 5) is 10.5. The normalized spacial score (nSPS) is 11.4. The van der Waals surface area contributed by atoms with Crippen molar-refractivity contribution in [2.24, 2.45) is 5.73 Å². The van der Waals surface area contributed by atoms with E-state index in [1.165, 1.54) is 7.11 Å². The molecule has 4 nitrogen and oxygen atoms in total. The first kappa shape index (κ1) is 15.0. The van der Waals surface area contributed by atoms with Crippen LogP contribution < -0.4 is 10.5 Å². The van der Waals surface area contributed by atoms with Crippen molar-refractivity contribution in [3.8, 4) is 5.75 Å². The van der Waals surface area contributed by atoms with Crippen LogP contribution in [0.5, 0.6) is 5.75 Å². The summed E-state index contributed by atoms with van der Waals surface area (Å²) < 4.78 is 4.97. The Morgan fingerprint density at radius 2 is 2.25 bits per heavy atom. The molecule has 3 N–H and O–H groups in total. The largest absolute Gasteiger partial charge is 0.497 e. The van der Waals surface area contributed by atoms with Gasteiger partial charge in [0.1, 0.15) is 11.8 Å². The zero-order valence-electron chi connectivity index (χ0n) is 8.64. The van der Waals surface area contributed by atoms with Crippen LogP contribution in [0.2, 0.25) is 5.02 Å². The van der Waals surface area contributed by atoms with Gasteiger partial charge in [0, 0.05) is 5.02 Å². The Bertz CT molecular complexity index is 371. The van der Waals surface area contributed by atoms with Crippen LogP contribution in [0.25, 0.3) is 0 Å². The lowest BCUT2D eigenvalue weighted by Gasteiger charge is -2.09. The second-order valence-electron chi connectivity index (χ2n) is 3.11. The zero-order chi connectivity index (χ0) is 11.4. The molecule has 0 aliphatic rings. The fourth-order valence-corrected chi connectivity index (χ4v) is 1.39. The third kappa shape index (κ3) is 3.89. The quantitative estimate of drug-likeness (QED) is 0.870. The van der Waals surface area contributed by atoms with Crippen molar-refractivity contribution in [1.82, 2.24) is 0 Å². The summed E-state index contributed by atoms with van der Waals surface area (Å²) in [5, 5.41) is 9.11. The van der Waals surface area contributed by atoms with Gasteiger partial charge in [-0.05, 0) is 24.1 Å². The summed E-state index contributed by atoms with van der Waals surface area (Å²) in [7, 11) is 1.54. The predicted octanol–water partition coefficient (Wildman–Crippen LogP) is 1.72. The molecule has 0 fully saturated rings. The van der Waals surface area contributed by atoms with E-state index in [0.717, 1.165) is 0 Å². The third-order valence-electron chi connectivity index (χ3n) is 2.02. The molecule has 1 atom stereocenters. The number of carboxylic acids is 1. The van der Waals surface area contributed by atoms with E-state index in [2.05, 4.69) is 0 Å². The van der Waals surface area contributed by atoms with Crippen molar-refractivity contribution in [2.75, 3.05) is 7.11 Å². The molecule has 6 heteroatoms. The van der Waals surface area contributed by atoms with Gasteiger partial charge in [-0.3, -0.25) is 4.79 Å². The molecular weight excluding hydrogens is 253 g/mol. The van der Waals surface area contributed by atoms with Gasteiger partial charge in [0.25, 0.3) is 0 Å². The van der Waals surface area contributed by atoms with Crippen molar-refractivity contribution >= 4 is 30.0 Å². The Balaban J connectivity index is 0.00000225. The van der Waals surface area contributed by atoms with Gasteiger partial charge >= 0.3 is 5.97 Å². The number of aliphatic carboxylic acids is 1. The Morgan fingerprint density at radius 3 is 2.69 bits per heavy atom. The van der Waals surface area contributed by atoms with Crippen LogP contribution in [0.4, 0.5) is 0 Å². The molecule has 0 spiro atoms. The van der Waals surface area contributed by atoms with E-state index in [1.807, 2.05) is 0 Å². The molecule has 1 rings (SSSR count). The molecule has 0 aliphatic heterocycles. The second kappa shape index (κ2) is 6.58. The Morgan fingerprint density at radius 1 is 1.62 bits per heavy atom. The molecule has 1 unspecified atom stereocenters. The van der Waals surface area contributed by atoms with E-state index in [9.17, 15) is 4.79 Å². The molecule has 0 heterocycles. The minimum absolute atomic E-state index is 0. The number of nitrogens with two attached hydrogens (primary N) is 1. The van der Waals surface area contributed by atoms with Gasteiger partial charge in [0.2, 0.25) is 0 Å². The van der Waals surface area contributed by atoms with Gasteiger partial charge in [0.15, 0.2) is 0 Å². The number of rotatable bonds is 4. The monoisotopic (exact) mass is 265 g/mol. The van der Waals surface area contributed by atoms with Crippen LogP contribution in [-0.2, 0) is 11.2 Å². The lowest BCUT2D eigenvalue weighted by Crippen LogP contribution is -2.32. The van der Waals surface area contributed by atoms with Gasteiger partial charge in [0.05, 0.1) is 7.11 Å². The molecular formula is C10H13Cl2NO3. The van der Waals surface area contributed by atoms with Gasteiger partial charge < -0.3 is 15.6 Å².